The summed E-state index contributed by atoms with van der Waals surface area (Å²) in [5.41, 5.74) is 4.54. The fourth-order valence-electron chi connectivity index (χ4n) is 2.93. The molecular weight excluding hydrogens is 360 g/mol. The molecule has 28 heavy (non-hydrogen) atoms. The molecule has 1 saturated carbocycles. The number of carbonyl (C=O) groups excluding carboxylic acids is 2. The third-order valence-corrected chi connectivity index (χ3v) is 4.49. The van der Waals surface area contributed by atoms with Crippen LogP contribution in [0.1, 0.15) is 31.2 Å². The molecule has 8 nitrogen and oxygen atoms in total. The summed E-state index contributed by atoms with van der Waals surface area (Å²) >= 11 is 0. The van der Waals surface area contributed by atoms with E-state index in [1.807, 2.05) is 30.3 Å². The Bertz CT molecular complexity index is 910. The smallest absolute Gasteiger partial charge is 0.269 e. The van der Waals surface area contributed by atoms with Crippen molar-refractivity contribution >= 4 is 28.9 Å². The second-order valence-corrected chi connectivity index (χ2v) is 6.71. The van der Waals surface area contributed by atoms with Gasteiger partial charge in [0.25, 0.3) is 5.69 Å². The normalized spacial score (nSPS) is 18.2. The van der Waals surface area contributed by atoms with Crippen molar-refractivity contribution in [2.45, 2.75) is 25.7 Å². The van der Waals surface area contributed by atoms with Gasteiger partial charge in [0.05, 0.1) is 11.3 Å². The standard InChI is InChI=1S/C20H20N4O4/c1-13(11-19(25)21-15-7-9-16(10-8-15)24(27)28)22-23-20(26)18-12-17(18)14-5-3-2-4-6-14/h2-10,17-18H,11-12H2,1H3,(H,21,25)(H,23,26). The Hall–Kier alpha value is -3.55. The molecular formula is C20H20N4O4. The van der Waals surface area contributed by atoms with Crippen LogP contribution in [0, 0.1) is 16.0 Å². The molecule has 2 N–H and O–H groups in total. The van der Waals surface area contributed by atoms with Gasteiger partial charge >= 0.3 is 0 Å². The molecule has 8 heteroatoms. The molecule has 2 aromatic rings. The van der Waals surface area contributed by atoms with Crippen LogP contribution >= 0.6 is 0 Å². The minimum Gasteiger partial charge on any atom is -0.326 e. The lowest BCUT2D eigenvalue weighted by Gasteiger charge is -2.05. The fourth-order valence-corrected chi connectivity index (χ4v) is 2.93. The zero-order chi connectivity index (χ0) is 20.1. The van der Waals surface area contributed by atoms with Crippen LogP contribution in [0.25, 0.3) is 0 Å². The van der Waals surface area contributed by atoms with Crippen LogP contribution < -0.4 is 10.7 Å². The van der Waals surface area contributed by atoms with Crippen LogP contribution in [-0.2, 0) is 9.59 Å². The van der Waals surface area contributed by atoms with Gasteiger partial charge in [-0.1, -0.05) is 30.3 Å². The van der Waals surface area contributed by atoms with E-state index in [9.17, 15) is 19.7 Å². The number of carbonyl (C=O) groups is 2. The molecule has 1 fully saturated rings. The van der Waals surface area contributed by atoms with Crippen molar-refractivity contribution in [2.75, 3.05) is 5.32 Å². The van der Waals surface area contributed by atoms with Gasteiger partial charge in [-0.2, -0.15) is 5.10 Å². The number of non-ortho nitro benzene ring substituents is 1. The second kappa shape index (κ2) is 8.43. The number of nitro groups is 1. The van der Waals surface area contributed by atoms with Crippen LogP contribution in [0.4, 0.5) is 11.4 Å². The Morgan fingerprint density at radius 2 is 1.82 bits per heavy atom. The van der Waals surface area contributed by atoms with Gasteiger partial charge in [-0.15, -0.1) is 0 Å². The molecule has 0 spiro atoms. The molecule has 0 aromatic heterocycles. The number of rotatable bonds is 7. The van der Waals surface area contributed by atoms with E-state index in [-0.39, 0.29) is 35.8 Å². The van der Waals surface area contributed by atoms with Crippen LogP contribution in [0.3, 0.4) is 0 Å². The van der Waals surface area contributed by atoms with E-state index in [1.54, 1.807) is 6.92 Å². The predicted molar refractivity (Wildman–Crippen MR) is 105 cm³/mol. The number of anilines is 1. The molecule has 1 aliphatic carbocycles. The summed E-state index contributed by atoms with van der Waals surface area (Å²) in [5, 5.41) is 17.3. The monoisotopic (exact) mass is 380 g/mol. The number of nitro benzene ring substituents is 1. The third-order valence-electron chi connectivity index (χ3n) is 4.49. The Balaban J connectivity index is 1.45. The number of hydrogen-bond acceptors (Lipinski definition) is 5. The largest absolute Gasteiger partial charge is 0.326 e. The van der Waals surface area contributed by atoms with Crippen LogP contribution in [0.15, 0.2) is 59.7 Å². The zero-order valence-electron chi connectivity index (χ0n) is 15.3. The maximum Gasteiger partial charge on any atom is 0.269 e. The molecule has 0 aliphatic heterocycles. The lowest BCUT2D eigenvalue weighted by Crippen LogP contribution is -2.23. The van der Waals surface area contributed by atoms with Gasteiger partial charge in [0.15, 0.2) is 0 Å². The molecule has 0 radical (unpaired) electrons. The summed E-state index contributed by atoms with van der Waals surface area (Å²) in [5.74, 6) is -0.336. The molecule has 2 amide bonds. The first-order valence-corrected chi connectivity index (χ1v) is 8.86. The minimum atomic E-state index is -0.507. The van der Waals surface area contributed by atoms with E-state index in [1.165, 1.54) is 24.3 Å². The highest BCUT2D eigenvalue weighted by Gasteiger charge is 2.43. The summed E-state index contributed by atoms with van der Waals surface area (Å²) in [6, 6.07) is 15.4. The maximum absolute atomic E-state index is 12.2. The molecule has 2 aromatic carbocycles. The van der Waals surface area contributed by atoms with Crippen molar-refractivity contribution < 1.29 is 14.5 Å². The van der Waals surface area contributed by atoms with Crippen molar-refractivity contribution in [1.29, 1.82) is 0 Å². The van der Waals surface area contributed by atoms with E-state index in [4.69, 9.17) is 0 Å². The van der Waals surface area contributed by atoms with Crippen molar-refractivity contribution in [3.8, 4) is 0 Å². The van der Waals surface area contributed by atoms with Gasteiger partial charge in [-0.25, -0.2) is 5.43 Å². The second-order valence-electron chi connectivity index (χ2n) is 6.71. The van der Waals surface area contributed by atoms with Crippen molar-refractivity contribution in [3.63, 3.8) is 0 Å². The first-order valence-electron chi connectivity index (χ1n) is 8.86. The summed E-state index contributed by atoms with van der Waals surface area (Å²) in [6.45, 7) is 1.65. The number of hydrogen-bond donors (Lipinski definition) is 2. The van der Waals surface area contributed by atoms with Crippen molar-refractivity contribution in [2.24, 2.45) is 11.0 Å². The first-order chi connectivity index (χ1) is 13.4. The van der Waals surface area contributed by atoms with E-state index >= 15 is 0 Å². The Morgan fingerprint density at radius 3 is 2.46 bits per heavy atom. The predicted octanol–water partition coefficient (Wildman–Crippen LogP) is 3.22. The molecule has 0 saturated heterocycles. The number of hydrazone groups is 1. The van der Waals surface area contributed by atoms with Crippen molar-refractivity contribution in [3.05, 3.63) is 70.3 Å². The number of amides is 2. The van der Waals surface area contributed by atoms with Crippen LogP contribution in [0.5, 0.6) is 0 Å². The highest BCUT2D eigenvalue weighted by molar-refractivity contribution is 6.05. The van der Waals surface area contributed by atoms with E-state index in [2.05, 4.69) is 15.8 Å². The lowest BCUT2D eigenvalue weighted by molar-refractivity contribution is -0.384. The topological polar surface area (TPSA) is 114 Å². The van der Waals surface area contributed by atoms with Gasteiger partial charge in [-0.3, -0.25) is 19.7 Å². The molecule has 2 atom stereocenters. The highest BCUT2D eigenvalue weighted by atomic mass is 16.6. The number of nitrogens with zero attached hydrogens (tertiary/aromatic N) is 2. The van der Waals surface area contributed by atoms with Crippen LogP contribution in [-0.4, -0.2) is 22.4 Å². The van der Waals surface area contributed by atoms with E-state index in [0.29, 0.717) is 11.4 Å². The van der Waals surface area contributed by atoms with Crippen LogP contribution in [0.2, 0.25) is 0 Å². The average molecular weight is 380 g/mol. The lowest BCUT2D eigenvalue weighted by atomic mass is 10.1. The number of nitrogens with one attached hydrogen (secondary N) is 2. The minimum absolute atomic E-state index is 0.00402. The summed E-state index contributed by atoms with van der Waals surface area (Å²) in [4.78, 5) is 34.3. The fraction of sp³-hybridized carbons (Fsp3) is 0.250. The van der Waals surface area contributed by atoms with Gasteiger partial charge < -0.3 is 5.32 Å². The third kappa shape index (κ3) is 5.00. The van der Waals surface area contributed by atoms with Gasteiger partial charge in [0.1, 0.15) is 0 Å². The van der Waals surface area contributed by atoms with E-state index in [0.717, 1.165) is 12.0 Å². The molecule has 1 aliphatic rings. The van der Waals surface area contributed by atoms with Crippen molar-refractivity contribution in [1.82, 2.24) is 5.43 Å². The highest BCUT2D eigenvalue weighted by Crippen LogP contribution is 2.47. The Morgan fingerprint density at radius 1 is 1.14 bits per heavy atom. The summed E-state index contributed by atoms with van der Waals surface area (Å²) in [7, 11) is 0. The van der Waals surface area contributed by atoms with Gasteiger partial charge in [0.2, 0.25) is 11.8 Å². The summed E-state index contributed by atoms with van der Waals surface area (Å²) in [6.07, 6.45) is 0.801. The zero-order valence-corrected chi connectivity index (χ0v) is 15.3. The van der Waals surface area contributed by atoms with Gasteiger partial charge in [-0.05, 0) is 37.0 Å². The van der Waals surface area contributed by atoms with E-state index < -0.39 is 4.92 Å². The molecule has 0 heterocycles. The van der Waals surface area contributed by atoms with Gasteiger partial charge in [0, 0.05) is 29.4 Å². The quantitative estimate of drug-likeness (QED) is 0.436. The molecule has 2 unspecified atom stereocenters. The maximum atomic E-state index is 12.2. The Labute approximate surface area is 161 Å². The molecule has 144 valence electrons. The average Bonchev–Trinajstić information content (AvgIpc) is 3.48. The Kier molecular flexibility index (Phi) is 5.78. The summed E-state index contributed by atoms with van der Waals surface area (Å²) < 4.78 is 0. The molecule has 0 bridgehead atoms. The molecule has 3 rings (SSSR count). The first kappa shape index (κ1) is 19.2. The number of benzene rings is 2. The SMILES string of the molecule is CC(CC(=O)Nc1ccc([N+](=O)[O-])cc1)=NNC(=O)C1CC1c1ccccc1.